The van der Waals surface area contributed by atoms with E-state index in [0.29, 0.717) is 0 Å². The molecule has 4 heteroatoms. The van der Waals surface area contributed by atoms with Crippen LogP contribution in [0.15, 0.2) is 0 Å². The quantitative estimate of drug-likeness (QED) is 0.419. The minimum atomic E-state index is 0. The van der Waals surface area contributed by atoms with Crippen molar-refractivity contribution in [1.82, 2.24) is 0 Å². The van der Waals surface area contributed by atoms with Gasteiger partial charge in [0.2, 0.25) is 0 Å². The molecular weight excluding hydrogens is 154 g/mol. The van der Waals surface area contributed by atoms with Gasteiger partial charge in [-0.2, -0.15) is 0 Å². The zero-order chi connectivity index (χ0) is 2.00. The molecule has 0 bridgehead atoms. The van der Waals surface area contributed by atoms with Gasteiger partial charge in [0, 0.05) is 17.1 Å². The Morgan fingerprint density at radius 2 is 1.25 bits per heavy atom. The van der Waals surface area contributed by atoms with Gasteiger partial charge in [0.05, 0.1) is 0 Å². The van der Waals surface area contributed by atoms with E-state index in [0.717, 1.165) is 0 Å². The summed E-state index contributed by atoms with van der Waals surface area (Å²) in [6.45, 7) is 0. The fraction of sp³-hybridized carbons (Fsp3) is 0. The van der Waals surface area contributed by atoms with Crippen LogP contribution in [0.4, 0.5) is 0 Å². The molecule has 1 nitrogen and oxygen atoms in total. The molecule has 0 atom stereocenters. The summed E-state index contributed by atoms with van der Waals surface area (Å²) in [5, 5.41) is 0. The predicted molar refractivity (Wildman–Crippen MR) is 7.84 cm³/mol. The van der Waals surface area contributed by atoms with E-state index in [9.17, 15) is 0 Å². The third-order valence-corrected chi connectivity index (χ3v) is 0. The van der Waals surface area contributed by atoms with Crippen LogP contribution in [0.2, 0.25) is 0 Å². The van der Waals surface area contributed by atoms with E-state index in [1.165, 1.54) is 0 Å². The molecule has 0 saturated heterocycles. The van der Waals surface area contributed by atoms with Crippen molar-refractivity contribution in [3.8, 4) is 0 Å². The fourth-order valence-electron chi connectivity index (χ4n) is 0. The van der Waals surface area contributed by atoms with Crippen LogP contribution in [0.5, 0.6) is 0 Å². The minimum absolute atomic E-state index is 0. The molecule has 0 spiro atoms. The standard InChI is InChI=1S/Co.Fe.Na.O.H. The van der Waals surface area contributed by atoms with Crippen LogP contribution >= 0.6 is 0 Å². The second-order valence-corrected chi connectivity index (χ2v) is 0. The first-order chi connectivity index (χ1) is 1.00. The molecular formula is HCoFeNaO. The van der Waals surface area contributed by atoms with Crippen molar-refractivity contribution < 1.29 is 36.6 Å². The van der Waals surface area contributed by atoms with Crippen molar-refractivity contribution >= 4 is 29.6 Å². The zero-order valence-corrected chi connectivity index (χ0v) is 3.24. The van der Waals surface area contributed by atoms with Gasteiger partial charge in [-0.25, -0.2) is 0 Å². The Morgan fingerprint density at radius 3 is 1.25 bits per heavy atom. The molecule has 0 heterocycles. The molecule has 0 aromatic rings. The van der Waals surface area contributed by atoms with Crippen molar-refractivity contribution in [2.24, 2.45) is 0 Å². The summed E-state index contributed by atoms with van der Waals surface area (Å²) >= 11 is 2.31. The Kier molecular flexibility index (Phi) is 90.0. The van der Waals surface area contributed by atoms with E-state index in [1.54, 1.807) is 0 Å². The molecule has 0 aromatic heterocycles. The molecule has 0 fully saturated rings. The van der Waals surface area contributed by atoms with Gasteiger partial charge >= 0.3 is 49.1 Å². The molecule has 0 rings (SSSR count). The predicted octanol–water partition coefficient (Wildman–Crippen LogP) is -0.772. The second-order valence-electron chi connectivity index (χ2n) is 0. The maximum atomic E-state index is 7.94. The molecule has 0 aliphatic heterocycles. The summed E-state index contributed by atoms with van der Waals surface area (Å²) in [6.07, 6.45) is 0. The number of hydrogen-bond acceptors (Lipinski definition) is 1. The van der Waals surface area contributed by atoms with Gasteiger partial charge in [-0.1, -0.05) is 0 Å². The van der Waals surface area contributed by atoms with Gasteiger partial charge in [-0.15, -0.1) is 0 Å². The number of rotatable bonds is 0. The first-order valence-corrected chi connectivity index (χ1v) is 0.561. The van der Waals surface area contributed by atoms with Crippen LogP contribution < -0.4 is 0 Å². The van der Waals surface area contributed by atoms with Gasteiger partial charge < -0.3 is 0 Å². The fourth-order valence-corrected chi connectivity index (χ4v) is 0. The van der Waals surface area contributed by atoms with Crippen LogP contribution in [0.1, 0.15) is 0 Å². The first kappa shape index (κ1) is 17.0. The third-order valence-electron chi connectivity index (χ3n) is 0. The van der Waals surface area contributed by atoms with E-state index >= 15 is 0 Å². The van der Waals surface area contributed by atoms with Crippen LogP contribution in [0.25, 0.3) is 0 Å². The van der Waals surface area contributed by atoms with E-state index in [-0.39, 0.29) is 46.6 Å². The molecule has 0 N–H and O–H groups in total. The third kappa shape index (κ3) is 9.16. The summed E-state index contributed by atoms with van der Waals surface area (Å²) in [6, 6.07) is 0. The van der Waals surface area contributed by atoms with Crippen LogP contribution in [0.3, 0.4) is 0 Å². The Balaban J connectivity index is -0.00000000500. The van der Waals surface area contributed by atoms with E-state index in [4.69, 9.17) is 3.87 Å². The van der Waals surface area contributed by atoms with Gasteiger partial charge in [-0.05, 0) is 0 Å². The topological polar surface area (TPSA) is 17.1 Å². The van der Waals surface area contributed by atoms with Crippen molar-refractivity contribution in [2.75, 3.05) is 0 Å². The molecule has 25 valence electrons. The van der Waals surface area contributed by atoms with Crippen molar-refractivity contribution in [3.05, 3.63) is 0 Å². The molecule has 4 heavy (non-hydrogen) atoms. The van der Waals surface area contributed by atoms with Crippen LogP contribution in [0, 0.1) is 0 Å². The first-order valence-electron chi connectivity index (χ1n) is 0.136. The van der Waals surface area contributed by atoms with Gasteiger partial charge in [0.15, 0.2) is 0 Å². The molecule has 0 aliphatic rings. The van der Waals surface area contributed by atoms with Crippen molar-refractivity contribution in [1.29, 1.82) is 0 Å². The Labute approximate surface area is 65.5 Å². The maximum absolute atomic E-state index is 7.94. The monoisotopic (exact) mass is 155 g/mol. The number of hydrogen-bond donors (Lipinski definition) is 0. The summed E-state index contributed by atoms with van der Waals surface area (Å²) in [7, 11) is 0. The zero-order valence-electron chi connectivity index (χ0n) is 1.10. The summed E-state index contributed by atoms with van der Waals surface area (Å²) in [5.41, 5.74) is 0. The van der Waals surface area contributed by atoms with Gasteiger partial charge in [0.1, 0.15) is 0 Å². The van der Waals surface area contributed by atoms with E-state index in [1.807, 2.05) is 0 Å². The molecule has 0 unspecified atom stereocenters. The van der Waals surface area contributed by atoms with E-state index in [2.05, 4.69) is 15.7 Å². The summed E-state index contributed by atoms with van der Waals surface area (Å²) < 4.78 is 7.94. The van der Waals surface area contributed by atoms with Crippen molar-refractivity contribution in [2.45, 2.75) is 0 Å². The normalized spacial score (nSPS) is 1.25. The average molecular weight is 155 g/mol. The van der Waals surface area contributed by atoms with Gasteiger partial charge in [0.25, 0.3) is 0 Å². The van der Waals surface area contributed by atoms with Gasteiger partial charge in [-0.3, -0.25) is 0 Å². The molecule has 0 radical (unpaired) electrons. The van der Waals surface area contributed by atoms with Crippen molar-refractivity contribution in [3.63, 3.8) is 0 Å². The second kappa shape index (κ2) is 21.2. The van der Waals surface area contributed by atoms with Crippen LogP contribution in [-0.2, 0) is 36.6 Å². The Morgan fingerprint density at radius 1 is 1.25 bits per heavy atom. The Hall–Kier alpha value is 1.83. The summed E-state index contributed by atoms with van der Waals surface area (Å²) in [4.78, 5) is 0. The SMILES string of the molecule is [Fe].[NaH].[O]=[Co]. The van der Waals surface area contributed by atoms with E-state index < -0.39 is 0 Å². The Bertz CT molecular complexity index is 8.00. The van der Waals surface area contributed by atoms with Crippen LogP contribution in [-0.4, -0.2) is 29.6 Å². The summed E-state index contributed by atoms with van der Waals surface area (Å²) in [5.74, 6) is 0. The average Bonchev–Trinajstić information content (AvgIpc) is 1.00. The molecule has 0 amide bonds. The molecule has 0 aliphatic carbocycles. The molecule has 0 aromatic carbocycles. The molecule has 0 saturated carbocycles.